The molecule has 4 rings (SSSR count). The fourth-order valence-electron chi connectivity index (χ4n) is 4.08. The molecule has 8 nitrogen and oxygen atoms in total. The van der Waals surface area contributed by atoms with Gasteiger partial charge in [0.15, 0.2) is 5.82 Å². The Bertz CT molecular complexity index is 1120. The number of carboxylic acid groups (broad SMARTS) is 1. The van der Waals surface area contributed by atoms with Gasteiger partial charge in [-0.15, -0.1) is 0 Å². The summed E-state index contributed by atoms with van der Waals surface area (Å²) in [4.78, 5) is 20.7. The molecule has 2 aromatic heterocycles. The van der Waals surface area contributed by atoms with Crippen molar-refractivity contribution >= 4 is 27.7 Å². The van der Waals surface area contributed by atoms with Gasteiger partial charge in [-0.1, -0.05) is 17.3 Å². The minimum absolute atomic E-state index is 0.0332. The van der Waals surface area contributed by atoms with E-state index < -0.39 is 5.97 Å². The lowest BCUT2D eigenvalue weighted by atomic mass is 9.92. The minimum atomic E-state index is -0.876. The molecule has 1 atom stereocenters. The largest absolute Gasteiger partial charge is 0.496 e. The number of carbonyl (C=O) groups is 1. The Balaban J connectivity index is 1.36. The Morgan fingerprint density at radius 3 is 2.94 bits per heavy atom. The second kappa shape index (κ2) is 10.8. The van der Waals surface area contributed by atoms with Crippen molar-refractivity contribution in [3.8, 4) is 5.75 Å². The smallest absolute Gasteiger partial charge is 0.303 e. The zero-order valence-electron chi connectivity index (χ0n) is 18.5. The molecule has 1 unspecified atom stereocenters. The van der Waals surface area contributed by atoms with Crippen LogP contribution in [-0.2, 0) is 30.5 Å². The Labute approximate surface area is 200 Å². The molecule has 0 spiro atoms. The molecule has 2 N–H and O–H groups in total. The van der Waals surface area contributed by atoms with E-state index >= 15 is 0 Å². The van der Waals surface area contributed by atoms with Crippen LogP contribution >= 0.6 is 15.9 Å². The van der Waals surface area contributed by atoms with E-state index in [1.807, 2.05) is 18.2 Å². The van der Waals surface area contributed by atoms with Crippen molar-refractivity contribution in [2.24, 2.45) is 0 Å². The van der Waals surface area contributed by atoms with Crippen molar-refractivity contribution in [2.45, 2.75) is 50.9 Å². The van der Waals surface area contributed by atoms with E-state index in [0.717, 1.165) is 53.8 Å². The van der Waals surface area contributed by atoms with Crippen LogP contribution in [0.3, 0.4) is 0 Å². The van der Waals surface area contributed by atoms with Gasteiger partial charge in [0.2, 0.25) is 5.89 Å². The lowest BCUT2D eigenvalue weighted by Gasteiger charge is -2.17. The number of rotatable bonds is 10. The molecule has 174 valence electrons. The molecule has 1 aliphatic rings. The number of fused-ring (bicyclic) bond motifs is 1. The topological polar surface area (TPSA) is 110 Å². The van der Waals surface area contributed by atoms with E-state index in [4.69, 9.17) is 14.2 Å². The van der Waals surface area contributed by atoms with E-state index in [0.29, 0.717) is 30.3 Å². The number of hydrogen-bond donors (Lipinski definition) is 2. The summed E-state index contributed by atoms with van der Waals surface area (Å²) in [7, 11) is 1.59. The fraction of sp³-hybridized carbons (Fsp3) is 0.417. The number of benzene rings is 1. The highest BCUT2D eigenvalue weighted by Crippen LogP contribution is 2.31. The first-order chi connectivity index (χ1) is 16.0. The summed E-state index contributed by atoms with van der Waals surface area (Å²) in [6, 6.07) is 9.82. The average molecular weight is 515 g/mol. The van der Waals surface area contributed by atoms with E-state index in [1.54, 1.807) is 7.11 Å². The summed E-state index contributed by atoms with van der Waals surface area (Å²) >= 11 is 3.47. The Kier molecular flexibility index (Phi) is 7.59. The number of pyridine rings is 1. The van der Waals surface area contributed by atoms with E-state index in [1.165, 1.54) is 5.56 Å². The number of carboxylic acids is 1. The first kappa shape index (κ1) is 23.2. The maximum atomic E-state index is 11.4. The molecular weight excluding hydrogens is 488 g/mol. The lowest BCUT2D eigenvalue weighted by Crippen LogP contribution is -2.14. The van der Waals surface area contributed by atoms with Crippen molar-refractivity contribution in [1.29, 1.82) is 0 Å². The normalized spacial score (nSPS) is 13.8. The molecule has 3 heterocycles. The molecular formula is C24H27BrN4O4. The standard InChI is InChI=1S/C24H27BrN4O4/c1-32-20-10-8-16(12-19(20)25)17(14-23(30)31)13-22-28-21(29-33-22)6-2-5-18-9-7-15-4-3-11-26-24(15)27-18/h7-10,12,17H,2-6,11,13-14H2,1H3,(H,26,27)(H,30,31). The molecule has 0 aliphatic carbocycles. The van der Waals surface area contributed by atoms with E-state index in [9.17, 15) is 9.90 Å². The number of aliphatic carboxylic acids is 1. The number of aromatic nitrogens is 3. The quantitative estimate of drug-likeness (QED) is 0.404. The summed E-state index contributed by atoms with van der Waals surface area (Å²) in [5.74, 6) is 1.61. The van der Waals surface area contributed by atoms with Crippen LogP contribution in [0.5, 0.6) is 5.75 Å². The van der Waals surface area contributed by atoms with Crippen LogP contribution in [0.25, 0.3) is 0 Å². The van der Waals surface area contributed by atoms with Crippen LogP contribution in [0.15, 0.2) is 39.3 Å². The third kappa shape index (κ3) is 6.10. The van der Waals surface area contributed by atoms with E-state index in [2.05, 4.69) is 43.5 Å². The number of hydrogen-bond acceptors (Lipinski definition) is 7. The summed E-state index contributed by atoms with van der Waals surface area (Å²) < 4.78 is 11.5. The average Bonchev–Trinajstić information content (AvgIpc) is 3.25. The lowest BCUT2D eigenvalue weighted by molar-refractivity contribution is -0.137. The van der Waals surface area contributed by atoms with Crippen LogP contribution in [-0.4, -0.2) is 39.9 Å². The summed E-state index contributed by atoms with van der Waals surface area (Å²) in [5, 5.41) is 16.8. The van der Waals surface area contributed by atoms with Gasteiger partial charge < -0.3 is 19.7 Å². The number of halogens is 1. The van der Waals surface area contributed by atoms with Gasteiger partial charge in [0.05, 0.1) is 18.0 Å². The van der Waals surface area contributed by atoms with Crippen LogP contribution in [0, 0.1) is 0 Å². The molecule has 1 aliphatic heterocycles. The Hall–Kier alpha value is -2.94. The van der Waals surface area contributed by atoms with Crippen molar-refractivity contribution in [1.82, 2.24) is 15.1 Å². The molecule has 0 saturated carbocycles. The highest BCUT2D eigenvalue weighted by atomic mass is 79.9. The number of nitrogens with one attached hydrogen (secondary N) is 1. The highest BCUT2D eigenvalue weighted by Gasteiger charge is 2.21. The molecule has 9 heteroatoms. The molecule has 3 aromatic rings. The van der Waals surface area contributed by atoms with Crippen molar-refractivity contribution in [2.75, 3.05) is 19.0 Å². The Morgan fingerprint density at radius 1 is 1.27 bits per heavy atom. The van der Waals surface area contributed by atoms with Gasteiger partial charge in [-0.3, -0.25) is 4.79 Å². The SMILES string of the molecule is COc1ccc(C(CC(=O)O)Cc2nc(CCCc3ccc4c(n3)NCCC4)no2)cc1Br. The van der Waals surface area contributed by atoms with Gasteiger partial charge in [-0.2, -0.15) is 4.98 Å². The predicted octanol–water partition coefficient (Wildman–Crippen LogP) is 4.57. The first-order valence-electron chi connectivity index (χ1n) is 11.1. The summed E-state index contributed by atoms with van der Waals surface area (Å²) in [6.07, 6.45) is 4.92. The van der Waals surface area contributed by atoms with Crippen LogP contribution in [0.2, 0.25) is 0 Å². The van der Waals surface area contributed by atoms with Gasteiger partial charge in [0, 0.05) is 31.0 Å². The van der Waals surface area contributed by atoms with Gasteiger partial charge in [-0.25, -0.2) is 4.98 Å². The van der Waals surface area contributed by atoms with Crippen LogP contribution in [0.4, 0.5) is 5.82 Å². The zero-order chi connectivity index (χ0) is 23.2. The number of methoxy groups -OCH3 is 1. The van der Waals surface area contributed by atoms with Crippen molar-refractivity contribution < 1.29 is 19.2 Å². The van der Waals surface area contributed by atoms with Gasteiger partial charge in [0.25, 0.3) is 0 Å². The Morgan fingerprint density at radius 2 is 2.15 bits per heavy atom. The zero-order valence-corrected chi connectivity index (χ0v) is 20.1. The van der Waals surface area contributed by atoms with Gasteiger partial charge >= 0.3 is 5.97 Å². The van der Waals surface area contributed by atoms with Gasteiger partial charge in [-0.05, 0) is 70.9 Å². The number of nitrogens with zero attached hydrogens (tertiary/aromatic N) is 3. The number of ether oxygens (including phenoxy) is 1. The number of aryl methyl sites for hydroxylation is 3. The predicted molar refractivity (Wildman–Crippen MR) is 127 cm³/mol. The van der Waals surface area contributed by atoms with Crippen LogP contribution < -0.4 is 10.1 Å². The summed E-state index contributed by atoms with van der Waals surface area (Å²) in [5.41, 5.74) is 3.21. The van der Waals surface area contributed by atoms with Crippen molar-refractivity contribution in [3.63, 3.8) is 0 Å². The molecule has 1 aromatic carbocycles. The second-order valence-corrected chi connectivity index (χ2v) is 9.05. The summed E-state index contributed by atoms with van der Waals surface area (Å²) in [6.45, 7) is 0.978. The monoisotopic (exact) mass is 514 g/mol. The molecule has 0 bridgehead atoms. The first-order valence-corrected chi connectivity index (χ1v) is 11.9. The second-order valence-electron chi connectivity index (χ2n) is 8.19. The number of anilines is 1. The van der Waals surface area contributed by atoms with Crippen molar-refractivity contribution in [3.05, 3.63) is 63.3 Å². The van der Waals surface area contributed by atoms with E-state index in [-0.39, 0.29) is 12.3 Å². The third-order valence-electron chi connectivity index (χ3n) is 5.78. The van der Waals surface area contributed by atoms with Gasteiger partial charge in [0.1, 0.15) is 11.6 Å². The molecule has 0 fully saturated rings. The molecule has 33 heavy (non-hydrogen) atoms. The van der Waals surface area contributed by atoms with Crippen LogP contribution in [0.1, 0.15) is 53.7 Å². The fourth-order valence-corrected chi connectivity index (χ4v) is 4.63. The minimum Gasteiger partial charge on any atom is -0.496 e. The molecule has 0 saturated heterocycles. The third-order valence-corrected chi connectivity index (χ3v) is 6.40. The maximum Gasteiger partial charge on any atom is 0.303 e. The molecule has 0 amide bonds. The molecule has 0 radical (unpaired) electrons. The maximum absolute atomic E-state index is 11.4. The highest BCUT2D eigenvalue weighted by molar-refractivity contribution is 9.10.